The molecule has 1 aliphatic heterocycles. The molecule has 1 aromatic heterocycles. The van der Waals surface area contributed by atoms with Gasteiger partial charge in [-0.1, -0.05) is 6.07 Å². The molecule has 1 fully saturated rings. The zero-order chi connectivity index (χ0) is 14.7. The average Bonchev–Trinajstić information content (AvgIpc) is 2.43. The van der Waals surface area contributed by atoms with E-state index in [2.05, 4.69) is 16.8 Å². The Labute approximate surface area is 119 Å². The highest BCUT2D eigenvalue weighted by Crippen LogP contribution is 2.30. The van der Waals surface area contributed by atoms with Crippen LogP contribution in [0, 0.1) is 5.92 Å². The number of piperidine rings is 1. The van der Waals surface area contributed by atoms with Crippen LogP contribution in [0.1, 0.15) is 32.3 Å². The van der Waals surface area contributed by atoms with Crippen LogP contribution in [-0.2, 0) is 11.3 Å². The van der Waals surface area contributed by atoms with E-state index in [4.69, 9.17) is 4.74 Å². The van der Waals surface area contributed by atoms with Crippen molar-refractivity contribution in [2.45, 2.75) is 45.3 Å². The summed E-state index contributed by atoms with van der Waals surface area (Å²) in [4.78, 5) is 17.8. The number of hydrogen-bond donors (Lipinski definition) is 1. The summed E-state index contributed by atoms with van der Waals surface area (Å²) in [7, 11) is 1.61. The fourth-order valence-electron chi connectivity index (χ4n) is 3.01. The maximum atomic E-state index is 11.3. The van der Waals surface area contributed by atoms with Crippen molar-refractivity contribution in [2.24, 2.45) is 5.92 Å². The van der Waals surface area contributed by atoms with Crippen molar-refractivity contribution in [3.8, 4) is 5.88 Å². The Morgan fingerprint density at radius 1 is 1.50 bits per heavy atom. The van der Waals surface area contributed by atoms with E-state index in [0.717, 1.165) is 18.4 Å². The number of aromatic nitrogens is 1. The minimum atomic E-state index is -0.701. The SMILES string of the molecule is COc1ncccc1CN1C(C)CCC(C(=O)O)C1C. The lowest BCUT2D eigenvalue weighted by atomic mass is 9.86. The van der Waals surface area contributed by atoms with E-state index in [0.29, 0.717) is 18.5 Å². The van der Waals surface area contributed by atoms with Crippen molar-refractivity contribution in [3.05, 3.63) is 23.9 Å². The quantitative estimate of drug-likeness (QED) is 0.914. The molecule has 0 amide bonds. The van der Waals surface area contributed by atoms with Crippen molar-refractivity contribution >= 4 is 5.97 Å². The minimum absolute atomic E-state index is 0.0150. The highest BCUT2D eigenvalue weighted by atomic mass is 16.5. The maximum Gasteiger partial charge on any atom is 0.308 e. The lowest BCUT2D eigenvalue weighted by Crippen LogP contribution is -2.50. The largest absolute Gasteiger partial charge is 0.481 e. The molecule has 3 unspecified atom stereocenters. The molecule has 0 aliphatic carbocycles. The third-order valence-corrected chi connectivity index (χ3v) is 4.28. The summed E-state index contributed by atoms with van der Waals surface area (Å²) in [6.07, 6.45) is 3.35. The maximum absolute atomic E-state index is 11.3. The Morgan fingerprint density at radius 2 is 2.25 bits per heavy atom. The molecule has 0 saturated carbocycles. The number of ether oxygens (including phenoxy) is 1. The number of nitrogens with zero attached hydrogens (tertiary/aromatic N) is 2. The predicted octanol–water partition coefficient (Wildman–Crippen LogP) is 2.16. The Hall–Kier alpha value is -1.62. The van der Waals surface area contributed by atoms with Crippen LogP contribution in [0.4, 0.5) is 0 Å². The summed E-state index contributed by atoms with van der Waals surface area (Å²) >= 11 is 0. The van der Waals surface area contributed by atoms with Gasteiger partial charge >= 0.3 is 5.97 Å². The van der Waals surface area contributed by atoms with Gasteiger partial charge in [0.25, 0.3) is 0 Å². The zero-order valence-corrected chi connectivity index (χ0v) is 12.2. The predicted molar refractivity (Wildman–Crippen MR) is 75.6 cm³/mol. The summed E-state index contributed by atoms with van der Waals surface area (Å²) in [6, 6.07) is 4.24. The van der Waals surface area contributed by atoms with E-state index in [1.807, 2.05) is 19.1 Å². The van der Waals surface area contributed by atoms with Gasteiger partial charge in [0, 0.05) is 30.4 Å². The molecule has 0 radical (unpaired) electrons. The van der Waals surface area contributed by atoms with Crippen molar-refractivity contribution in [1.29, 1.82) is 0 Å². The molecule has 5 heteroatoms. The number of likely N-dealkylation sites (tertiary alicyclic amines) is 1. The van der Waals surface area contributed by atoms with E-state index in [1.54, 1.807) is 13.3 Å². The summed E-state index contributed by atoms with van der Waals surface area (Å²) in [6.45, 7) is 4.82. The first-order valence-electron chi connectivity index (χ1n) is 7.01. The third-order valence-electron chi connectivity index (χ3n) is 4.28. The smallest absolute Gasteiger partial charge is 0.308 e. The molecular formula is C15H22N2O3. The summed E-state index contributed by atoms with van der Waals surface area (Å²) < 4.78 is 5.28. The Balaban J connectivity index is 2.19. The molecule has 2 heterocycles. The van der Waals surface area contributed by atoms with Crippen LogP contribution in [0.25, 0.3) is 0 Å². The molecule has 0 aromatic carbocycles. The average molecular weight is 278 g/mol. The number of carbonyl (C=O) groups is 1. The number of carboxylic acids is 1. The Bertz CT molecular complexity index is 478. The van der Waals surface area contributed by atoms with Crippen LogP contribution in [-0.4, -0.2) is 40.2 Å². The van der Waals surface area contributed by atoms with Crippen LogP contribution < -0.4 is 4.74 Å². The molecule has 110 valence electrons. The molecule has 20 heavy (non-hydrogen) atoms. The second-order valence-corrected chi connectivity index (χ2v) is 5.46. The number of aliphatic carboxylic acids is 1. The van der Waals surface area contributed by atoms with Crippen LogP contribution in [0.5, 0.6) is 5.88 Å². The summed E-state index contributed by atoms with van der Waals surface area (Å²) in [5.41, 5.74) is 1.000. The summed E-state index contributed by atoms with van der Waals surface area (Å²) in [5.74, 6) is -0.384. The summed E-state index contributed by atoms with van der Waals surface area (Å²) in [5, 5.41) is 9.32. The van der Waals surface area contributed by atoms with Crippen molar-refractivity contribution in [1.82, 2.24) is 9.88 Å². The first-order valence-corrected chi connectivity index (χ1v) is 7.01. The van der Waals surface area contributed by atoms with Gasteiger partial charge in [0.15, 0.2) is 0 Å². The van der Waals surface area contributed by atoms with Crippen LogP contribution in [0.3, 0.4) is 0 Å². The highest BCUT2D eigenvalue weighted by Gasteiger charge is 2.36. The molecule has 5 nitrogen and oxygen atoms in total. The number of methoxy groups -OCH3 is 1. The van der Waals surface area contributed by atoms with Crippen LogP contribution in [0.15, 0.2) is 18.3 Å². The molecule has 0 spiro atoms. The van der Waals surface area contributed by atoms with Gasteiger partial charge in [0.1, 0.15) is 0 Å². The monoisotopic (exact) mass is 278 g/mol. The van der Waals surface area contributed by atoms with Crippen LogP contribution in [0.2, 0.25) is 0 Å². The third kappa shape index (κ3) is 2.93. The van der Waals surface area contributed by atoms with Gasteiger partial charge in [0.05, 0.1) is 13.0 Å². The normalized spacial score (nSPS) is 27.2. The Kier molecular flexibility index (Phi) is 4.60. The lowest BCUT2D eigenvalue weighted by Gasteiger charge is -2.42. The molecule has 1 N–H and O–H groups in total. The second kappa shape index (κ2) is 6.22. The van der Waals surface area contributed by atoms with Gasteiger partial charge < -0.3 is 9.84 Å². The van der Waals surface area contributed by atoms with Gasteiger partial charge in [-0.25, -0.2) is 4.98 Å². The van der Waals surface area contributed by atoms with Gasteiger partial charge in [-0.2, -0.15) is 0 Å². The first kappa shape index (κ1) is 14.8. The zero-order valence-electron chi connectivity index (χ0n) is 12.2. The fraction of sp³-hybridized carbons (Fsp3) is 0.600. The van der Waals surface area contributed by atoms with Crippen LogP contribution >= 0.6 is 0 Å². The van der Waals surface area contributed by atoms with Crippen molar-refractivity contribution in [3.63, 3.8) is 0 Å². The number of rotatable bonds is 4. The fourth-order valence-corrected chi connectivity index (χ4v) is 3.01. The van der Waals surface area contributed by atoms with E-state index in [-0.39, 0.29) is 12.0 Å². The van der Waals surface area contributed by atoms with Gasteiger partial charge in [-0.05, 0) is 32.8 Å². The number of hydrogen-bond acceptors (Lipinski definition) is 4. The molecule has 1 aromatic rings. The van der Waals surface area contributed by atoms with Crippen molar-refractivity contribution in [2.75, 3.05) is 7.11 Å². The second-order valence-electron chi connectivity index (χ2n) is 5.46. The molecule has 0 bridgehead atoms. The van der Waals surface area contributed by atoms with E-state index in [9.17, 15) is 9.90 Å². The van der Waals surface area contributed by atoms with E-state index < -0.39 is 5.97 Å². The minimum Gasteiger partial charge on any atom is -0.481 e. The molecule has 2 rings (SSSR count). The number of pyridine rings is 1. The standard InChI is InChI=1S/C15H22N2O3/c1-10-6-7-13(15(18)19)11(2)17(10)9-12-5-4-8-16-14(12)20-3/h4-5,8,10-11,13H,6-7,9H2,1-3H3,(H,18,19). The molecular weight excluding hydrogens is 256 g/mol. The molecule has 3 atom stereocenters. The van der Waals surface area contributed by atoms with Gasteiger partial charge in [-0.15, -0.1) is 0 Å². The van der Waals surface area contributed by atoms with E-state index >= 15 is 0 Å². The number of carboxylic acid groups (broad SMARTS) is 1. The van der Waals surface area contributed by atoms with Gasteiger partial charge in [-0.3, -0.25) is 9.69 Å². The van der Waals surface area contributed by atoms with E-state index in [1.165, 1.54) is 0 Å². The van der Waals surface area contributed by atoms with Gasteiger partial charge in [0.2, 0.25) is 5.88 Å². The molecule has 1 aliphatic rings. The molecule has 1 saturated heterocycles. The topological polar surface area (TPSA) is 62.7 Å². The first-order chi connectivity index (χ1) is 9.54. The highest BCUT2D eigenvalue weighted by molar-refractivity contribution is 5.71. The lowest BCUT2D eigenvalue weighted by molar-refractivity contribution is -0.146. The van der Waals surface area contributed by atoms with Crippen molar-refractivity contribution < 1.29 is 14.6 Å². The Morgan fingerprint density at radius 3 is 2.90 bits per heavy atom.